The molecule has 2 nitrogen and oxygen atoms in total. The number of carbonyl (C=O) groups excluding carboxylic acids is 1. The van der Waals surface area contributed by atoms with Crippen LogP contribution in [-0.2, 0) is 17.3 Å². The molecule has 0 saturated heterocycles. The van der Waals surface area contributed by atoms with Gasteiger partial charge in [-0.15, -0.1) is 0 Å². The number of benzene rings is 1. The van der Waals surface area contributed by atoms with Gasteiger partial charge in [-0.3, -0.25) is 4.79 Å². The second-order valence-electron chi connectivity index (χ2n) is 7.63. The largest absolute Gasteiger partial charge is 0.417 e. The summed E-state index contributed by atoms with van der Waals surface area (Å²) >= 11 is 0. The van der Waals surface area contributed by atoms with Crippen molar-refractivity contribution in [3.63, 3.8) is 0 Å². The highest BCUT2D eigenvalue weighted by molar-refractivity contribution is 6.74. The first-order valence-corrected chi connectivity index (χ1v) is 10.9. The zero-order valence-corrected chi connectivity index (χ0v) is 15.1. The van der Waals surface area contributed by atoms with E-state index in [0.29, 0.717) is 12.2 Å². The molecule has 21 heavy (non-hydrogen) atoms. The minimum Gasteiger partial charge on any atom is -0.417 e. The van der Waals surface area contributed by atoms with Crippen LogP contribution < -0.4 is 0 Å². The van der Waals surface area contributed by atoms with E-state index < -0.39 is 8.32 Å². The van der Waals surface area contributed by atoms with Crippen molar-refractivity contribution in [1.82, 2.24) is 0 Å². The number of aryl methyl sites for hydroxylation is 2. The number of hydrogen-bond donors (Lipinski definition) is 0. The van der Waals surface area contributed by atoms with Crippen molar-refractivity contribution < 1.29 is 9.22 Å². The predicted molar refractivity (Wildman–Crippen MR) is 90.6 cm³/mol. The molecule has 0 atom stereocenters. The van der Waals surface area contributed by atoms with Crippen LogP contribution in [0.15, 0.2) is 18.2 Å². The van der Waals surface area contributed by atoms with E-state index in [1.807, 2.05) is 6.07 Å². The summed E-state index contributed by atoms with van der Waals surface area (Å²) in [6, 6.07) is 6.33. The lowest BCUT2D eigenvalue weighted by Crippen LogP contribution is -2.41. The highest BCUT2D eigenvalue weighted by atomic mass is 28.4. The zero-order chi connectivity index (χ0) is 15.7. The van der Waals surface area contributed by atoms with Gasteiger partial charge in [0.05, 0.1) is 0 Å². The van der Waals surface area contributed by atoms with Gasteiger partial charge in [0.15, 0.2) is 14.1 Å². The average molecular weight is 305 g/mol. The third-order valence-electron chi connectivity index (χ3n) is 4.97. The molecule has 1 aliphatic carbocycles. The molecule has 0 heterocycles. The fourth-order valence-corrected chi connectivity index (χ4v) is 3.57. The molecule has 0 bridgehead atoms. The third kappa shape index (κ3) is 3.83. The van der Waals surface area contributed by atoms with E-state index in [1.165, 1.54) is 11.1 Å². The van der Waals surface area contributed by atoms with Gasteiger partial charge in [0, 0.05) is 18.6 Å². The number of fused-ring (bicyclic) bond motifs is 1. The number of carbonyl (C=O) groups is 1. The molecule has 0 radical (unpaired) electrons. The van der Waals surface area contributed by atoms with Crippen LogP contribution in [-0.4, -0.2) is 20.7 Å². The van der Waals surface area contributed by atoms with Crippen molar-refractivity contribution >= 4 is 14.1 Å². The van der Waals surface area contributed by atoms with Crippen LogP contribution in [0.3, 0.4) is 0 Å². The highest BCUT2D eigenvalue weighted by Gasteiger charge is 2.36. The molecule has 0 aromatic heterocycles. The summed E-state index contributed by atoms with van der Waals surface area (Å²) in [4.78, 5) is 11.6. The molecule has 116 valence electrons. The van der Waals surface area contributed by atoms with Gasteiger partial charge in [0.1, 0.15) is 0 Å². The fourth-order valence-electron chi connectivity index (χ4n) is 2.48. The smallest absolute Gasteiger partial charge is 0.191 e. The summed E-state index contributed by atoms with van der Waals surface area (Å²) < 4.78 is 6.21. The van der Waals surface area contributed by atoms with Gasteiger partial charge in [0.25, 0.3) is 0 Å². The van der Waals surface area contributed by atoms with Crippen LogP contribution in [0, 0.1) is 0 Å². The molecule has 1 aliphatic rings. The summed E-state index contributed by atoms with van der Waals surface area (Å²) in [6.07, 6.45) is 3.70. The molecule has 1 aromatic carbocycles. The van der Waals surface area contributed by atoms with Gasteiger partial charge in [-0.05, 0) is 48.5 Å². The molecular weight excluding hydrogens is 276 g/mol. The van der Waals surface area contributed by atoms with Gasteiger partial charge >= 0.3 is 0 Å². The summed E-state index contributed by atoms with van der Waals surface area (Å²) in [5, 5.41) is 0.279. The lowest BCUT2D eigenvalue weighted by molar-refractivity contribution is 0.0994. The maximum Gasteiger partial charge on any atom is 0.191 e. The minimum absolute atomic E-state index is 0.279. The van der Waals surface area contributed by atoms with E-state index in [-0.39, 0.29) is 5.04 Å². The number of hydrogen-bond acceptors (Lipinski definition) is 2. The Balaban J connectivity index is 1.84. The van der Waals surface area contributed by atoms with Crippen molar-refractivity contribution in [2.24, 2.45) is 0 Å². The predicted octanol–water partition coefficient (Wildman–Crippen LogP) is 4.77. The first-order valence-electron chi connectivity index (χ1n) is 8.00. The van der Waals surface area contributed by atoms with Crippen LogP contribution >= 0.6 is 0 Å². The molecule has 2 rings (SSSR count). The molecule has 3 heteroatoms. The SMILES string of the molecule is CC(C)(C)[Si](C)(C)OCCCc1ccc2c(c1)CCC2=O. The topological polar surface area (TPSA) is 26.3 Å². The van der Waals surface area contributed by atoms with Gasteiger partial charge < -0.3 is 4.43 Å². The van der Waals surface area contributed by atoms with Crippen LogP contribution in [0.25, 0.3) is 0 Å². The van der Waals surface area contributed by atoms with Crippen LogP contribution in [0.1, 0.15) is 55.1 Å². The first-order chi connectivity index (χ1) is 9.71. The van der Waals surface area contributed by atoms with Crippen LogP contribution in [0.5, 0.6) is 0 Å². The summed E-state index contributed by atoms with van der Waals surface area (Å²) in [5.74, 6) is 0.304. The van der Waals surface area contributed by atoms with Gasteiger partial charge in [-0.25, -0.2) is 0 Å². The second-order valence-corrected chi connectivity index (χ2v) is 12.4. The number of Topliss-reactive ketones (excluding diaryl/α,β-unsaturated/α-hetero) is 1. The van der Waals surface area contributed by atoms with E-state index in [9.17, 15) is 4.79 Å². The first kappa shape index (κ1) is 16.4. The molecule has 0 N–H and O–H groups in total. The highest BCUT2D eigenvalue weighted by Crippen LogP contribution is 2.36. The minimum atomic E-state index is -1.61. The Kier molecular flexibility index (Phi) is 4.74. The Bertz CT molecular complexity index is 527. The monoisotopic (exact) mass is 304 g/mol. The van der Waals surface area contributed by atoms with E-state index in [0.717, 1.165) is 31.4 Å². The normalized spacial score (nSPS) is 15.4. The number of ketones is 1. The molecular formula is C18H28O2Si. The Hall–Kier alpha value is -0.933. The van der Waals surface area contributed by atoms with Crippen LogP contribution in [0.4, 0.5) is 0 Å². The van der Waals surface area contributed by atoms with Gasteiger partial charge in [-0.2, -0.15) is 0 Å². The standard InChI is InChI=1S/C18H28O2Si/c1-18(2,3)21(4,5)20-12-6-7-14-8-10-16-15(13-14)9-11-17(16)19/h8,10,13H,6-7,9,11-12H2,1-5H3. The molecule has 0 spiro atoms. The maximum absolute atomic E-state index is 11.6. The molecule has 0 amide bonds. The maximum atomic E-state index is 11.6. The van der Waals surface area contributed by atoms with Gasteiger partial charge in [0.2, 0.25) is 0 Å². The van der Waals surface area contributed by atoms with Crippen molar-refractivity contribution in [3.05, 3.63) is 34.9 Å². The van der Waals surface area contributed by atoms with E-state index in [4.69, 9.17) is 4.43 Å². The summed E-state index contributed by atoms with van der Waals surface area (Å²) in [6.45, 7) is 12.3. The Labute approximate surface area is 130 Å². The Morgan fingerprint density at radius 1 is 1.19 bits per heavy atom. The van der Waals surface area contributed by atoms with Crippen molar-refractivity contribution in [2.45, 2.75) is 64.6 Å². The van der Waals surface area contributed by atoms with Crippen LogP contribution in [0.2, 0.25) is 18.1 Å². The Morgan fingerprint density at radius 2 is 1.90 bits per heavy atom. The third-order valence-corrected chi connectivity index (χ3v) is 9.51. The molecule has 0 saturated carbocycles. The average Bonchev–Trinajstić information content (AvgIpc) is 2.75. The summed E-state index contributed by atoms with van der Waals surface area (Å²) in [7, 11) is -1.61. The molecule has 0 unspecified atom stereocenters. The van der Waals surface area contributed by atoms with Crippen molar-refractivity contribution in [2.75, 3.05) is 6.61 Å². The summed E-state index contributed by atoms with van der Waals surface area (Å²) in [5.41, 5.74) is 3.52. The second kappa shape index (κ2) is 6.05. The molecule has 1 aromatic rings. The van der Waals surface area contributed by atoms with E-state index >= 15 is 0 Å². The quantitative estimate of drug-likeness (QED) is 0.578. The molecule has 0 aliphatic heterocycles. The van der Waals surface area contributed by atoms with Crippen molar-refractivity contribution in [3.8, 4) is 0 Å². The number of rotatable bonds is 5. The van der Waals surface area contributed by atoms with Gasteiger partial charge in [-0.1, -0.05) is 39.0 Å². The van der Waals surface area contributed by atoms with Crippen molar-refractivity contribution in [1.29, 1.82) is 0 Å². The Morgan fingerprint density at radius 3 is 2.57 bits per heavy atom. The van der Waals surface area contributed by atoms with E-state index in [2.05, 4.69) is 46.0 Å². The lowest BCUT2D eigenvalue weighted by atomic mass is 10.0. The molecule has 0 fully saturated rings. The zero-order valence-electron chi connectivity index (χ0n) is 14.1. The fraction of sp³-hybridized carbons (Fsp3) is 0.611. The van der Waals surface area contributed by atoms with E-state index in [1.54, 1.807) is 0 Å². The lowest BCUT2D eigenvalue weighted by Gasteiger charge is -2.36.